The van der Waals surface area contributed by atoms with E-state index in [0.717, 1.165) is 50.8 Å². The van der Waals surface area contributed by atoms with Gasteiger partial charge in [0.2, 0.25) is 0 Å². The first-order valence-corrected chi connectivity index (χ1v) is 8.96. The van der Waals surface area contributed by atoms with E-state index in [1.54, 1.807) is 17.5 Å². The number of thiophene rings is 1. The van der Waals surface area contributed by atoms with E-state index in [2.05, 4.69) is 50.4 Å². The summed E-state index contributed by atoms with van der Waals surface area (Å²) in [5.74, 6) is 1.82. The van der Waals surface area contributed by atoms with Crippen LogP contribution in [0.4, 0.5) is 5.82 Å². The van der Waals surface area contributed by atoms with E-state index in [0.29, 0.717) is 0 Å². The molecule has 2 aromatic heterocycles. The van der Waals surface area contributed by atoms with Crippen molar-refractivity contribution >= 4 is 47.1 Å². The van der Waals surface area contributed by atoms with Crippen LogP contribution in [-0.4, -0.2) is 30.6 Å². The summed E-state index contributed by atoms with van der Waals surface area (Å²) >= 11 is 1.74. The maximum Gasteiger partial charge on any atom is 0.191 e. The predicted octanol–water partition coefficient (Wildman–Crippen LogP) is 3.71. The number of anilines is 1. The van der Waals surface area contributed by atoms with Gasteiger partial charge in [-0.15, -0.1) is 35.3 Å². The molecule has 0 aliphatic rings. The lowest BCUT2D eigenvalue weighted by Crippen LogP contribution is -2.37. The molecule has 3 N–H and O–H groups in total. The number of aromatic nitrogens is 1. The maximum absolute atomic E-state index is 4.60. The van der Waals surface area contributed by atoms with E-state index in [-0.39, 0.29) is 24.0 Å². The number of halogens is 1. The largest absolute Gasteiger partial charge is 0.370 e. The van der Waals surface area contributed by atoms with Crippen molar-refractivity contribution in [2.24, 2.45) is 4.99 Å². The van der Waals surface area contributed by atoms with Gasteiger partial charge in [-0.05, 0) is 43.3 Å². The Kier molecular flexibility index (Phi) is 11.2. The molecule has 0 amide bonds. The second-order valence-corrected chi connectivity index (χ2v) is 6.08. The number of unbranched alkanes of at least 4 members (excludes halogenated alkanes) is 1. The molecule has 0 aliphatic carbocycles. The fourth-order valence-corrected chi connectivity index (χ4v) is 2.67. The van der Waals surface area contributed by atoms with Crippen LogP contribution >= 0.6 is 35.3 Å². The number of rotatable bonds is 9. The third-order valence-electron chi connectivity index (χ3n) is 3.18. The summed E-state index contributed by atoms with van der Waals surface area (Å²) in [7, 11) is 0. The number of nitrogens with zero attached hydrogens (tertiary/aromatic N) is 2. The summed E-state index contributed by atoms with van der Waals surface area (Å²) < 4.78 is 0. The van der Waals surface area contributed by atoms with E-state index in [1.807, 2.05) is 18.2 Å². The fraction of sp³-hybridized carbons (Fsp3) is 0.412. The standard InChI is InChI=1S/C17H25N5S.HI/c1-2-18-17(22-14-15-8-7-13-23-15)21-12-6-5-11-20-16-9-3-4-10-19-16;/h3-4,7-10,13H,2,5-6,11-12,14H2,1H3,(H,19,20)(H2,18,21,22);1H. The fourth-order valence-electron chi connectivity index (χ4n) is 2.04. The van der Waals surface area contributed by atoms with Gasteiger partial charge in [0.15, 0.2) is 5.96 Å². The third-order valence-corrected chi connectivity index (χ3v) is 4.05. The quantitative estimate of drug-likeness (QED) is 0.232. The Morgan fingerprint density at radius 1 is 1.12 bits per heavy atom. The minimum Gasteiger partial charge on any atom is -0.370 e. The van der Waals surface area contributed by atoms with Gasteiger partial charge in [0, 0.05) is 30.7 Å². The topological polar surface area (TPSA) is 61.3 Å². The molecule has 0 saturated carbocycles. The summed E-state index contributed by atoms with van der Waals surface area (Å²) in [6.07, 6.45) is 3.98. The third kappa shape index (κ3) is 8.49. The summed E-state index contributed by atoms with van der Waals surface area (Å²) in [6.45, 7) is 5.53. The molecule has 0 radical (unpaired) electrons. The molecule has 0 aliphatic heterocycles. The number of aliphatic imine (C=N–C) groups is 1. The van der Waals surface area contributed by atoms with Gasteiger partial charge < -0.3 is 16.0 Å². The molecular weight excluding hydrogens is 433 g/mol. The molecule has 0 bridgehead atoms. The Labute approximate surface area is 165 Å². The minimum absolute atomic E-state index is 0. The van der Waals surface area contributed by atoms with Crippen molar-refractivity contribution in [1.29, 1.82) is 0 Å². The number of hydrogen-bond acceptors (Lipinski definition) is 4. The van der Waals surface area contributed by atoms with Gasteiger partial charge in [-0.3, -0.25) is 0 Å². The van der Waals surface area contributed by atoms with Crippen molar-refractivity contribution < 1.29 is 0 Å². The van der Waals surface area contributed by atoms with Crippen LogP contribution in [0, 0.1) is 0 Å². The normalized spacial score (nSPS) is 10.8. The van der Waals surface area contributed by atoms with Gasteiger partial charge in [-0.1, -0.05) is 12.1 Å². The van der Waals surface area contributed by atoms with E-state index >= 15 is 0 Å². The average molecular weight is 459 g/mol. The van der Waals surface area contributed by atoms with E-state index in [9.17, 15) is 0 Å². The highest BCUT2D eigenvalue weighted by molar-refractivity contribution is 14.0. The molecule has 2 rings (SSSR count). The highest BCUT2D eigenvalue weighted by Gasteiger charge is 1.98. The van der Waals surface area contributed by atoms with Crippen LogP contribution in [-0.2, 0) is 6.54 Å². The number of hydrogen-bond donors (Lipinski definition) is 3. The van der Waals surface area contributed by atoms with Crippen LogP contribution in [0.1, 0.15) is 24.6 Å². The number of guanidine groups is 1. The Morgan fingerprint density at radius 3 is 2.71 bits per heavy atom. The van der Waals surface area contributed by atoms with Gasteiger partial charge >= 0.3 is 0 Å². The van der Waals surface area contributed by atoms with Crippen molar-refractivity contribution in [3.8, 4) is 0 Å². The summed E-state index contributed by atoms with van der Waals surface area (Å²) in [6, 6.07) is 10.1. The average Bonchev–Trinajstić information content (AvgIpc) is 3.10. The van der Waals surface area contributed by atoms with Crippen molar-refractivity contribution in [1.82, 2.24) is 15.6 Å². The molecule has 0 aromatic carbocycles. The van der Waals surface area contributed by atoms with Crippen molar-refractivity contribution in [3.05, 3.63) is 46.8 Å². The molecule has 5 nitrogen and oxygen atoms in total. The molecule has 0 unspecified atom stereocenters. The SMILES string of the molecule is CCNC(=NCc1cccs1)NCCCCNc1ccccn1.I. The Bertz CT molecular complexity index is 560. The van der Waals surface area contributed by atoms with Crippen LogP contribution in [0.2, 0.25) is 0 Å². The van der Waals surface area contributed by atoms with E-state index in [4.69, 9.17) is 0 Å². The zero-order valence-corrected chi connectivity index (χ0v) is 17.1. The molecule has 0 atom stereocenters. The van der Waals surface area contributed by atoms with Crippen molar-refractivity contribution in [2.75, 3.05) is 25.0 Å². The molecule has 0 spiro atoms. The van der Waals surface area contributed by atoms with Crippen LogP contribution in [0.3, 0.4) is 0 Å². The lowest BCUT2D eigenvalue weighted by atomic mass is 10.3. The van der Waals surface area contributed by atoms with E-state index in [1.165, 1.54) is 4.88 Å². The second kappa shape index (κ2) is 13.0. The lowest BCUT2D eigenvalue weighted by Gasteiger charge is -2.11. The smallest absolute Gasteiger partial charge is 0.191 e. The molecule has 24 heavy (non-hydrogen) atoms. The Hall–Kier alpha value is -1.35. The molecule has 0 saturated heterocycles. The maximum atomic E-state index is 4.60. The van der Waals surface area contributed by atoms with Crippen LogP contribution in [0.5, 0.6) is 0 Å². The van der Waals surface area contributed by atoms with Gasteiger partial charge in [-0.2, -0.15) is 0 Å². The Balaban J connectivity index is 0.00000288. The monoisotopic (exact) mass is 459 g/mol. The zero-order valence-electron chi connectivity index (χ0n) is 14.0. The molecule has 7 heteroatoms. The first-order valence-electron chi connectivity index (χ1n) is 8.08. The van der Waals surface area contributed by atoms with Crippen molar-refractivity contribution in [2.45, 2.75) is 26.3 Å². The molecule has 132 valence electrons. The Morgan fingerprint density at radius 2 is 2.00 bits per heavy atom. The summed E-state index contributed by atoms with van der Waals surface area (Å²) in [5, 5.41) is 12.1. The molecular formula is C17H26IN5S. The van der Waals surface area contributed by atoms with Crippen molar-refractivity contribution in [3.63, 3.8) is 0 Å². The first-order chi connectivity index (χ1) is 11.4. The first kappa shape index (κ1) is 20.7. The number of nitrogens with one attached hydrogen (secondary N) is 3. The predicted molar refractivity (Wildman–Crippen MR) is 115 cm³/mol. The number of pyridine rings is 1. The van der Waals surface area contributed by atoms with Gasteiger partial charge in [0.1, 0.15) is 5.82 Å². The van der Waals surface area contributed by atoms with E-state index < -0.39 is 0 Å². The van der Waals surface area contributed by atoms with Gasteiger partial charge in [0.05, 0.1) is 6.54 Å². The summed E-state index contributed by atoms with van der Waals surface area (Å²) in [5.41, 5.74) is 0. The second-order valence-electron chi connectivity index (χ2n) is 5.05. The molecule has 2 aromatic rings. The summed E-state index contributed by atoms with van der Waals surface area (Å²) in [4.78, 5) is 10.1. The van der Waals surface area contributed by atoms with Crippen LogP contribution < -0.4 is 16.0 Å². The lowest BCUT2D eigenvalue weighted by molar-refractivity contribution is 0.712. The van der Waals surface area contributed by atoms with Gasteiger partial charge in [0.25, 0.3) is 0 Å². The highest BCUT2D eigenvalue weighted by Crippen LogP contribution is 2.09. The van der Waals surface area contributed by atoms with Crippen LogP contribution in [0.25, 0.3) is 0 Å². The molecule has 0 fully saturated rings. The van der Waals surface area contributed by atoms with Crippen LogP contribution in [0.15, 0.2) is 46.9 Å². The zero-order chi connectivity index (χ0) is 16.2. The highest BCUT2D eigenvalue weighted by atomic mass is 127. The van der Waals surface area contributed by atoms with Gasteiger partial charge in [-0.25, -0.2) is 9.98 Å². The molecule has 2 heterocycles. The minimum atomic E-state index is 0.